The first-order valence-electron chi connectivity index (χ1n) is 4.62. The average molecular weight is 268 g/mol. The standard InChI is InChI=1S/C10H9ClF3NO2/c1-5-2-6(3-8(11)15-5)7(4-9(16)17)10(12,13)14/h2-3,7H,4H2,1H3,(H,16,17). The zero-order valence-corrected chi connectivity index (χ0v) is 9.51. The largest absolute Gasteiger partial charge is 0.481 e. The first-order valence-corrected chi connectivity index (χ1v) is 5.00. The zero-order chi connectivity index (χ0) is 13.2. The van der Waals surface area contributed by atoms with Gasteiger partial charge in [0.2, 0.25) is 0 Å². The number of rotatable bonds is 3. The minimum Gasteiger partial charge on any atom is -0.481 e. The molecule has 1 heterocycles. The predicted molar refractivity (Wildman–Crippen MR) is 55.0 cm³/mol. The molecule has 17 heavy (non-hydrogen) atoms. The van der Waals surface area contributed by atoms with E-state index in [1.807, 2.05) is 0 Å². The highest BCUT2D eigenvalue weighted by molar-refractivity contribution is 6.29. The number of aryl methyl sites for hydroxylation is 1. The molecular formula is C10H9ClF3NO2. The van der Waals surface area contributed by atoms with E-state index in [9.17, 15) is 18.0 Å². The average Bonchev–Trinajstić information content (AvgIpc) is 2.10. The lowest BCUT2D eigenvalue weighted by Gasteiger charge is -2.19. The van der Waals surface area contributed by atoms with Gasteiger partial charge in [0.15, 0.2) is 0 Å². The highest BCUT2D eigenvalue weighted by Gasteiger charge is 2.42. The molecule has 0 spiro atoms. The third-order valence-electron chi connectivity index (χ3n) is 2.12. The van der Waals surface area contributed by atoms with Gasteiger partial charge in [0, 0.05) is 5.69 Å². The van der Waals surface area contributed by atoms with Gasteiger partial charge in [-0.1, -0.05) is 11.6 Å². The van der Waals surface area contributed by atoms with Crippen LogP contribution in [-0.2, 0) is 4.79 Å². The SMILES string of the molecule is Cc1cc(C(CC(=O)O)C(F)(F)F)cc(Cl)n1. The van der Waals surface area contributed by atoms with Crippen molar-refractivity contribution >= 4 is 17.6 Å². The van der Waals surface area contributed by atoms with Crippen LogP contribution < -0.4 is 0 Å². The Morgan fingerprint density at radius 1 is 1.53 bits per heavy atom. The zero-order valence-electron chi connectivity index (χ0n) is 8.75. The predicted octanol–water partition coefficient (Wildman–Crippen LogP) is 3.16. The van der Waals surface area contributed by atoms with Crippen LogP contribution in [0.5, 0.6) is 0 Å². The van der Waals surface area contributed by atoms with Crippen LogP contribution in [0.3, 0.4) is 0 Å². The summed E-state index contributed by atoms with van der Waals surface area (Å²) in [6.07, 6.45) is -5.65. The van der Waals surface area contributed by atoms with Crippen LogP contribution in [0.2, 0.25) is 5.15 Å². The number of carboxylic acid groups (broad SMARTS) is 1. The van der Waals surface area contributed by atoms with Gasteiger partial charge in [-0.15, -0.1) is 0 Å². The van der Waals surface area contributed by atoms with Crippen molar-refractivity contribution in [3.05, 3.63) is 28.5 Å². The van der Waals surface area contributed by atoms with Gasteiger partial charge in [-0.3, -0.25) is 4.79 Å². The summed E-state index contributed by atoms with van der Waals surface area (Å²) in [4.78, 5) is 14.2. The van der Waals surface area contributed by atoms with Crippen LogP contribution in [0, 0.1) is 6.92 Å². The first kappa shape index (κ1) is 13.8. The summed E-state index contributed by atoms with van der Waals surface area (Å²) in [6, 6.07) is 2.22. The van der Waals surface area contributed by atoms with Crippen LogP contribution in [-0.4, -0.2) is 22.2 Å². The van der Waals surface area contributed by atoms with Gasteiger partial charge < -0.3 is 5.11 Å². The minimum atomic E-state index is -4.63. The van der Waals surface area contributed by atoms with Crippen LogP contribution in [0.25, 0.3) is 0 Å². The molecule has 0 radical (unpaired) electrons. The molecule has 1 unspecified atom stereocenters. The monoisotopic (exact) mass is 267 g/mol. The van der Waals surface area contributed by atoms with Gasteiger partial charge in [0.1, 0.15) is 5.15 Å². The summed E-state index contributed by atoms with van der Waals surface area (Å²) in [5, 5.41) is 8.41. The maximum atomic E-state index is 12.7. The summed E-state index contributed by atoms with van der Waals surface area (Å²) in [5.74, 6) is -3.59. The minimum absolute atomic E-state index is 0.0837. The maximum Gasteiger partial charge on any atom is 0.396 e. The van der Waals surface area contributed by atoms with E-state index < -0.39 is 24.5 Å². The van der Waals surface area contributed by atoms with E-state index in [4.69, 9.17) is 16.7 Å². The summed E-state index contributed by atoms with van der Waals surface area (Å²) >= 11 is 5.55. The third-order valence-corrected chi connectivity index (χ3v) is 2.31. The molecule has 0 saturated carbocycles. The number of halogens is 4. The van der Waals surface area contributed by atoms with Crippen molar-refractivity contribution < 1.29 is 23.1 Å². The van der Waals surface area contributed by atoms with Crippen LogP contribution in [0.4, 0.5) is 13.2 Å². The number of pyridine rings is 1. The van der Waals surface area contributed by atoms with Crippen molar-refractivity contribution in [1.29, 1.82) is 0 Å². The fourth-order valence-electron chi connectivity index (χ4n) is 1.45. The Morgan fingerprint density at radius 2 is 2.12 bits per heavy atom. The molecule has 0 aliphatic carbocycles. The molecular weight excluding hydrogens is 259 g/mol. The molecule has 1 atom stereocenters. The third kappa shape index (κ3) is 3.89. The smallest absolute Gasteiger partial charge is 0.396 e. The van der Waals surface area contributed by atoms with Gasteiger partial charge in [-0.2, -0.15) is 13.2 Å². The number of nitrogens with zero attached hydrogens (tertiary/aromatic N) is 1. The van der Waals surface area contributed by atoms with Crippen molar-refractivity contribution in [1.82, 2.24) is 4.98 Å². The fourth-order valence-corrected chi connectivity index (χ4v) is 1.71. The van der Waals surface area contributed by atoms with Crippen molar-refractivity contribution in [3.63, 3.8) is 0 Å². The maximum absolute atomic E-state index is 12.7. The molecule has 0 fully saturated rings. The number of hydrogen-bond acceptors (Lipinski definition) is 2. The van der Waals surface area contributed by atoms with E-state index in [2.05, 4.69) is 4.98 Å². The lowest BCUT2D eigenvalue weighted by molar-refractivity contribution is -0.163. The highest BCUT2D eigenvalue weighted by atomic mass is 35.5. The number of aromatic nitrogens is 1. The Kier molecular flexibility index (Phi) is 3.98. The van der Waals surface area contributed by atoms with E-state index >= 15 is 0 Å². The van der Waals surface area contributed by atoms with Gasteiger partial charge in [-0.25, -0.2) is 4.98 Å². The molecule has 7 heteroatoms. The molecule has 1 aromatic heterocycles. The van der Waals surface area contributed by atoms with E-state index in [-0.39, 0.29) is 10.7 Å². The second-order valence-corrected chi connectivity index (χ2v) is 3.94. The lowest BCUT2D eigenvalue weighted by Crippen LogP contribution is -2.23. The van der Waals surface area contributed by atoms with Crippen molar-refractivity contribution in [2.45, 2.75) is 25.4 Å². The Labute approximate surface area is 100 Å². The number of carbonyl (C=O) groups is 1. The topological polar surface area (TPSA) is 50.2 Å². The van der Waals surface area contributed by atoms with Gasteiger partial charge in [0.05, 0.1) is 12.3 Å². The quantitative estimate of drug-likeness (QED) is 0.856. The second-order valence-electron chi connectivity index (χ2n) is 3.56. The summed E-state index contributed by atoms with van der Waals surface area (Å²) in [6.45, 7) is 1.49. The Balaban J connectivity index is 3.17. The molecule has 1 aromatic rings. The van der Waals surface area contributed by atoms with Crippen molar-refractivity contribution in [2.75, 3.05) is 0 Å². The summed E-state index contributed by atoms with van der Waals surface area (Å²) in [5.41, 5.74) is 0.129. The van der Waals surface area contributed by atoms with E-state index in [1.165, 1.54) is 13.0 Å². The van der Waals surface area contributed by atoms with Crippen LogP contribution in [0.1, 0.15) is 23.6 Å². The molecule has 3 nitrogen and oxygen atoms in total. The lowest BCUT2D eigenvalue weighted by atomic mass is 9.95. The molecule has 0 amide bonds. The van der Waals surface area contributed by atoms with E-state index in [0.29, 0.717) is 5.69 Å². The Bertz CT molecular complexity index is 414. The van der Waals surface area contributed by atoms with Gasteiger partial charge in [-0.05, 0) is 24.6 Å². The summed E-state index contributed by atoms with van der Waals surface area (Å²) < 4.78 is 38.1. The Hall–Kier alpha value is -1.30. The molecule has 0 aromatic carbocycles. The Morgan fingerprint density at radius 3 is 2.53 bits per heavy atom. The molecule has 1 N–H and O–H groups in total. The number of hydrogen-bond donors (Lipinski definition) is 1. The normalized spacial score (nSPS) is 13.5. The number of alkyl halides is 3. The fraction of sp³-hybridized carbons (Fsp3) is 0.400. The van der Waals surface area contributed by atoms with Crippen molar-refractivity contribution in [3.8, 4) is 0 Å². The molecule has 0 saturated heterocycles. The van der Waals surface area contributed by atoms with E-state index in [1.54, 1.807) is 0 Å². The van der Waals surface area contributed by atoms with Crippen LogP contribution in [0.15, 0.2) is 12.1 Å². The number of carboxylic acids is 1. The van der Waals surface area contributed by atoms with Crippen molar-refractivity contribution in [2.24, 2.45) is 0 Å². The second kappa shape index (κ2) is 4.91. The van der Waals surface area contributed by atoms with Gasteiger partial charge in [0.25, 0.3) is 0 Å². The molecule has 1 rings (SSSR count). The molecule has 0 aliphatic rings. The van der Waals surface area contributed by atoms with Gasteiger partial charge >= 0.3 is 12.1 Å². The highest BCUT2D eigenvalue weighted by Crippen LogP contribution is 2.38. The van der Waals surface area contributed by atoms with E-state index in [0.717, 1.165) is 6.07 Å². The molecule has 0 aliphatic heterocycles. The first-order chi connectivity index (χ1) is 7.70. The summed E-state index contributed by atoms with van der Waals surface area (Å²) in [7, 11) is 0. The number of aliphatic carboxylic acids is 1. The van der Waals surface area contributed by atoms with Crippen LogP contribution >= 0.6 is 11.6 Å². The molecule has 0 bridgehead atoms. The molecule has 94 valence electrons.